The molecule has 0 aliphatic heterocycles. The highest BCUT2D eigenvalue weighted by Crippen LogP contribution is 2.08. The lowest BCUT2D eigenvalue weighted by atomic mass is 10.2. The van der Waals surface area contributed by atoms with Gasteiger partial charge in [0.1, 0.15) is 6.04 Å². The summed E-state index contributed by atoms with van der Waals surface area (Å²) in [5.74, 6) is -1.05. The zero-order valence-electron chi connectivity index (χ0n) is 5.02. The van der Waals surface area contributed by atoms with E-state index in [0.29, 0.717) is 5.69 Å². The zero-order valence-corrected chi connectivity index (χ0v) is 5.84. The molecule has 1 heterocycles. The van der Waals surface area contributed by atoms with Crippen molar-refractivity contribution in [3.05, 3.63) is 17.1 Å². The molecule has 0 saturated heterocycles. The molecule has 0 bridgehead atoms. The lowest BCUT2D eigenvalue weighted by molar-refractivity contribution is -0.138. The highest BCUT2D eigenvalue weighted by molar-refractivity contribution is 7.03. The Kier molecular flexibility index (Phi) is 1.98. The van der Waals surface area contributed by atoms with Gasteiger partial charge < -0.3 is 10.8 Å². The Hall–Kier alpha value is -0.940. The van der Waals surface area contributed by atoms with Gasteiger partial charge in [0.25, 0.3) is 0 Å². The summed E-state index contributed by atoms with van der Waals surface area (Å²) < 4.78 is 3.77. The Balaban J connectivity index is 2.77. The minimum atomic E-state index is -1.05. The van der Waals surface area contributed by atoms with E-state index in [0.717, 1.165) is 0 Å². The van der Waals surface area contributed by atoms with Crippen LogP contribution in [0.2, 0.25) is 0 Å². The minimum absolute atomic E-state index is 0.414. The number of carboxylic acids is 1. The molecule has 1 rings (SSSR count). The Bertz CT molecular complexity index is 222. The predicted molar refractivity (Wildman–Crippen MR) is 36.7 cm³/mol. The molecule has 0 aromatic carbocycles. The third-order valence-corrected chi connectivity index (χ3v) is 1.62. The van der Waals surface area contributed by atoms with Gasteiger partial charge in [0.05, 0.1) is 5.69 Å². The van der Waals surface area contributed by atoms with E-state index < -0.39 is 12.0 Å². The van der Waals surface area contributed by atoms with Crippen LogP contribution in [0.15, 0.2) is 11.4 Å². The van der Waals surface area contributed by atoms with E-state index in [1.807, 2.05) is 0 Å². The number of nitrogens with two attached hydrogens (primary N) is 1. The molecule has 1 aromatic heterocycles. The highest BCUT2D eigenvalue weighted by Gasteiger charge is 2.15. The van der Waals surface area contributed by atoms with Gasteiger partial charge in [0, 0.05) is 5.38 Å². The predicted octanol–water partition coefficient (Wildman–Crippen LogP) is 0.228. The third-order valence-electron chi connectivity index (χ3n) is 1.04. The first-order valence-corrected chi connectivity index (χ1v) is 3.44. The number of rotatable bonds is 2. The standard InChI is InChI=1S/C5H6N2O2S/c6-4(5(8)9)3-1-2-10-7-3/h1-2,4H,6H2,(H,8,9)/t4-/m0/s1. The van der Waals surface area contributed by atoms with Crippen LogP contribution < -0.4 is 5.73 Å². The molecule has 0 unspecified atom stereocenters. The summed E-state index contributed by atoms with van der Waals surface area (Å²) in [5.41, 5.74) is 5.64. The monoisotopic (exact) mass is 158 g/mol. The van der Waals surface area contributed by atoms with Crippen LogP contribution in [-0.2, 0) is 4.79 Å². The van der Waals surface area contributed by atoms with Crippen molar-refractivity contribution >= 4 is 17.5 Å². The number of hydrogen-bond donors (Lipinski definition) is 2. The van der Waals surface area contributed by atoms with E-state index in [1.54, 1.807) is 11.4 Å². The molecular weight excluding hydrogens is 152 g/mol. The summed E-state index contributed by atoms with van der Waals surface area (Å²) in [6, 6.07) is 0.620. The molecule has 1 atom stereocenters. The SMILES string of the molecule is N[C@H](C(=O)O)c1ccsn1. The molecule has 3 N–H and O–H groups in total. The van der Waals surface area contributed by atoms with Crippen LogP contribution in [-0.4, -0.2) is 15.4 Å². The number of nitrogens with zero attached hydrogens (tertiary/aromatic N) is 1. The lowest BCUT2D eigenvalue weighted by Crippen LogP contribution is -2.20. The van der Waals surface area contributed by atoms with Crippen molar-refractivity contribution in [1.82, 2.24) is 4.37 Å². The van der Waals surface area contributed by atoms with E-state index in [9.17, 15) is 4.79 Å². The van der Waals surface area contributed by atoms with Crippen LogP contribution in [0.3, 0.4) is 0 Å². The van der Waals surface area contributed by atoms with Gasteiger partial charge in [-0.25, -0.2) is 0 Å². The molecule has 0 aliphatic carbocycles. The average molecular weight is 158 g/mol. The molecule has 0 fully saturated rings. The Morgan fingerprint density at radius 3 is 3.00 bits per heavy atom. The molecule has 0 aliphatic rings. The number of carbonyl (C=O) groups is 1. The van der Waals surface area contributed by atoms with Crippen molar-refractivity contribution in [2.24, 2.45) is 5.73 Å². The van der Waals surface area contributed by atoms with Crippen molar-refractivity contribution in [2.45, 2.75) is 6.04 Å². The molecule has 0 radical (unpaired) electrons. The van der Waals surface area contributed by atoms with Crippen molar-refractivity contribution < 1.29 is 9.90 Å². The maximum absolute atomic E-state index is 10.2. The van der Waals surface area contributed by atoms with Crippen LogP contribution in [0.25, 0.3) is 0 Å². The average Bonchev–Trinajstić information content (AvgIpc) is 2.36. The fraction of sp³-hybridized carbons (Fsp3) is 0.200. The van der Waals surface area contributed by atoms with Gasteiger partial charge in [-0.3, -0.25) is 4.79 Å². The summed E-state index contributed by atoms with van der Waals surface area (Å²) in [4.78, 5) is 10.2. The van der Waals surface area contributed by atoms with Gasteiger partial charge in [-0.15, -0.1) is 0 Å². The summed E-state index contributed by atoms with van der Waals surface area (Å²) >= 11 is 1.19. The first-order chi connectivity index (χ1) is 4.72. The maximum atomic E-state index is 10.2. The van der Waals surface area contributed by atoms with Crippen molar-refractivity contribution in [2.75, 3.05) is 0 Å². The van der Waals surface area contributed by atoms with Gasteiger partial charge in [-0.05, 0) is 17.6 Å². The normalized spacial score (nSPS) is 12.9. The zero-order chi connectivity index (χ0) is 7.56. The molecule has 0 spiro atoms. The first kappa shape index (κ1) is 7.17. The fourth-order valence-corrected chi connectivity index (χ4v) is 1.07. The van der Waals surface area contributed by atoms with Crippen molar-refractivity contribution in [3.63, 3.8) is 0 Å². The highest BCUT2D eigenvalue weighted by atomic mass is 32.1. The van der Waals surface area contributed by atoms with Gasteiger partial charge in [0.15, 0.2) is 0 Å². The minimum Gasteiger partial charge on any atom is -0.480 e. The molecule has 0 amide bonds. The van der Waals surface area contributed by atoms with Gasteiger partial charge in [0.2, 0.25) is 0 Å². The summed E-state index contributed by atoms with van der Waals surface area (Å²) in [6.07, 6.45) is 0. The second-order valence-electron chi connectivity index (χ2n) is 1.74. The Labute approximate surface area is 61.5 Å². The van der Waals surface area contributed by atoms with E-state index >= 15 is 0 Å². The third kappa shape index (κ3) is 1.31. The van der Waals surface area contributed by atoms with Crippen molar-refractivity contribution in [1.29, 1.82) is 0 Å². The molecule has 5 heteroatoms. The second kappa shape index (κ2) is 2.76. The number of hydrogen-bond acceptors (Lipinski definition) is 4. The summed E-state index contributed by atoms with van der Waals surface area (Å²) in [7, 11) is 0. The second-order valence-corrected chi connectivity index (χ2v) is 2.41. The van der Waals surface area contributed by atoms with Gasteiger partial charge >= 0.3 is 5.97 Å². The first-order valence-electron chi connectivity index (χ1n) is 2.60. The van der Waals surface area contributed by atoms with Crippen LogP contribution in [0.5, 0.6) is 0 Å². The van der Waals surface area contributed by atoms with E-state index in [2.05, 4.69) is 4.37 Å². The van der Waals surface area contributed by atoms with E-state index in [1.165, 1.54) is 11.5 Å². The smallest absolute Gasteiger partial charge is 0.326 e. The summed E-state index contributed by atoms with van der Waals surface area (Å²) in [5, 5.41) is 10.1. The summed E-state index contributed by atoms with van der Waals surface area (Å²) in [6.45, 7) is 0. The number of carboxylic acid groups (broad SMARTS) is 1. The molecule has 0 saturated carbocycles. The van der Waals surface area contributed by atoms with Gasteiger partial charge in [-0.2, -0.15) is 4.37 Å². The van der Waals surface area contributed by atoms with Gasteiger partial charge in [-0.1, -0.05) is 0 Å². The van der Waals surface area contributed by atoms with E-state index in [-0.39, 0.29) is 0 Å². The molecular formula is C5H6N2O2S. The topological polar surface area (TPSA) is 76.2 Å². The number of aromatic nitrogens is 1. The molecule has 1 aromatic rings. The largest absolute Gasteiger partial charge is 0.480 e. The Morgan fingerprint density at radius 2 is 2.60 bits per heavy atom. The maximum Gasteiger partial charge on any atom is 0.326 e. The van der Waals surface area contributed by atoms with E-state index in [4.69, 9.17) is 10.8 Å². The van der Waals surface area contributed by atoms with Crippen LogP contribution in [0, 0.1) is 0 Å². The van der Waals surface area contributed by atoms with Crippen LogP contribution >= 0.6 is 11.5 Å². The number of aliphatic carboxylic acids is 1. The molecule has 10 heavy (non-hydrogen) atoms. The van der Waals surface area contributed by atoms with Crippen LogP contribution in [0.4, 0.5) is 0 Å². The van der Waals surface area contributed by atoms with Crippen molar-refractivity contribution in [3.8, 4) is 0 Å². The lowest BCUT2D eigenvalue weighted by Gasteiger charge is -1.98. The molecule has 4 nitrogen and oxygen atoms in total. The Morgan fingerprint density at radius 1 is 1.90 bits per heavy atom. The molecule has 54 valence electrons. The quantitative estimate of drug-likeness (QED) is 0.645. The van der Waals surface area contributed by atoms with Crippen LogP contribution in [0.1, 0.15) is 11.7 Å². The fourth-order valence-electron chi connectivity index (χ4n) is 0.509.